The van der Waals surface area contributed by atoms with E-state index in [2.05, 4.69) is 0 Å². The minimum Gasteiger partial charge on any atom is -0.396 e. The van der Waals surface area contributed by atoms with Crippen molar-refractivity contribution in [3.8, 4) is 0 Å². The molecule has 0 heterocycles. The lowest BCUT2D eigenvalue weighted by molar-refractivity contribution is 0.0786. The molecule has 0 saturated carbocycles. The predicted molar refractivity (Wildman–Crippen MR) is 68.2 cm³/mol. The van der Waals surface area contributed by atoms with Crippen LogP contribution < -0.4 is 0 Å². The molecule has 0 unspecified atom stereocenters. The van der Waals surface area contributed by atoms with Gasteiger partial charge in [-0.25, -0.2) is 8.42 Å². The number of hydrogen-bond acceptors (Lipinski definition) is 4. The minimum atomic E-state index is -3.31. The fraction of sp³-hybridized carbons (Fsp3) is 0.417. The number of carbonyl (C=O) groups excluding carboxylic acids is 1. The molecular formula is C12H17NO4S. The molecule has 0 spiro atoms. The number of carbonyl (C=O) groups is 1. The van der Waals surface area contributed by atoms with Gasteiger partial charge in [0.15, 0.2) is 9.84 Å². The second kappa shape index (κ2) is 5.97. The van der Waals surface area contributed by atoms with E-state index in [0.29, 0.717) is 18.5 Å². The highest BCUT2D eigenvalue weighted by atomic mass is 32.2. The fourth-order valence-corrected chi connectivity index (χ4v) is 2.16. The lowest BCUT2D eigenvalue weighted by atomic mass is 10.2. The van der Waals surface area contributed by atoms with E-state index in [4.69, 9.17) is 5.11 Å². The van der Waals surface area contributed by atoms with Crippen LogP contribution in [0.1, 0.15) is 16.8 Å². The van der Waals surface area contributed by atoms with Gasteiger partial charge < -0.3 is 10.0 Å². The smallest absolute Gasteiger partial charge is 0.253 e. The largest absolute Gasteiger partial charge is 0.396 e. The van der Waals surface area contributed by atoms with Crippen molar-refractivity contribution in [3.63, 3.8) is 0 Å². The summed E-state index contributed by atoms with van der Waals surface area (Å²) in [4.78, 5) is 13.6. The number of benzene rings is 1. The second-order valence-corrected chi connectivity index (χ2v) is 6.12. The third-order valence-corrected chi connectivity index (χ3v) is 3.62. The van der Waals surface area contributed by atoms with Crippen molar-refractivity contribution in [1.29, 1.82) is 0 Å². The number of nitrogens with zero attached hydrogens (tertiary/aromatic N) is 1. The molecule has 5 nitrogen and oxygen atoms in total. The van der Waals surface area contributed by atoms with Crippen LogP contribution in [-0.2, 0) is 9.84 Å². The maximum absolute atomic E-state index is 12.0. The molecule has 1 aromatic carbocycles. The van der Waals surface area contributed by atoms with Crippen molar-refractivity contribution in [2.75, 3.05) is 26.5 Å². The highest BCUT2D eigenvalue weighted by Gasteiger charge is 2.14. The summed E-state index contributed by atoms with van der Waals surface area (Å²) >= 11 is 0. The molecule has 0 fully saturated rings. The summed E-state index contributed by atoms with van der Waals surface area (Å²) in [5.74, 6) is -0.256. The third kappa shape index (κ3) is 3.82. The Morgan fingerprint density at radius 3 is 2.61 bits per heavy atom. The summed E-state index contributed by atoms with van der Waals surface area (Å²) < 4.78 is 22.8. The Kier molecular flexibility index (Phi) is 4.86. The predicted octanol–water partition coefficient (Wildman–Crippen LogP) is 0.544. The first-order valence-corrected chi connectivity index (χ1v) is 7.42. The molecule has 0 aliphatic heterocycles. The molecule has 1 amide bonds. The van der Waals surface area contributed by atoms with Gasteiger partial charge in [0.05, 0.1) is 4.90 Å². The molecule has 6 heteroatoms. The van der Waals surface area contributed by atoms with Crippen molar-refractivity contribution in [3.05, 3.63) is 29.8 Å². The number of amides is 1. The lowest BCUT2D eigenvalue weighted by Crippen LogP contribution is -2.28. The number of sulfone groups is 1. The highest BCUT2D eigenvalue weighted by molar-refractivity contribution is 7.90. The average molecular weight is 271 g/mol. The molecular weight excluding hydrogens is 254 g/mol. The molecule has 18 heavy (non-hydrogen) atoms. The Morgan fingerprint density at radius 1 is 1.39 bits per heavy atom. The van der Waals surface area contributed by atoms with Crippen LogP contribution in [0.15, 0.2) is 29.2 Å². The molecule has 0 aliphatic rings. The maximum Gasteiger partial charge on any atom is 0.253 e. The molecule has 0 atom stereocenters. The molecule has 100 valence electrons. The molecule has 1 N–H and O–H groups in total. The highest BCUT2D eigenvalue weighted by Crippen LogP contribution is 2.12. The van der Waals surface area contributed by atoms with Crippen molar-refractivity contribution >= 4 is 15.7 Å². The zero-order valence-electron chi connectivity index (χ0n) is 10.5. The first-order chi connectivity index (χ1) is 8.36. The Morgan fingerprint density at radius 2 is 2.06 bits per heavy atom. The van der Waals surface area contributed by atoms with Crippen molar-refractivity contribution in [1.82, 2.24) is 4.90 Å². The van der Waals surface area contributed by atoms with Crippen LogP contribution in [0.25, 0.3) is 0 Å². The quantitative estimate of drug-likeness (QED) is 0.848. The minimum absolute atomic E-state index is 0.0149. The second-order valence-electron chi connectivity index (χ2n) is 4.10. The first-order valence-electron chi connectivity index (χ1n) is 5.52. The number of hydrogen-bond donors (Lipinski definition) is 1. The van der Waals surface area contributed by atoms with E-state index in [1.807, 2.05) is 0 Å². The van der Waals surface area contributed by atoms with Crippen LogP contribution in [0.2, 0.25) is 0 Å². The molecule has 0 saturated heterocycles. The van der Waals surface area contributed by atoms with Crippen LogP contribution in [0.3, 0.4) is 0 Å². The molecule has 1 rings (SSSR count). The average Bonchev–Trinajstić information content (AvgIpc) is 2.34. The molecule has 0 aliphatic carbocycles. The summed E-state index contributed by atoms with van der Waals surface area (Å²) in [6, 6.07) is 5.95. The standard InChI is InChI=1S/C12H17NO4S/c1-13(7-4-8-14)12(15)10-5-3-6-11(9-10)18(2,16)17/h3,5-6,9,14H,4,7-8H2,1-2H3. The van der Waals surface area contributed by atoms with Crippen LogP contribution in [-0.4, -0.2) is 50.8 Å². The van der Waals surface area contributed by atoms with Crippen LogP contribution in [0.5, 0.6) is 0 Å². The van der Waals surface area contributed by atoms with E-state index in [0.717, 1.165) is 6.26 Å². The third-order valence-electron chi connectivity index (χ3n) is 2.51. The molecule has 0 radical (unpaired) electrons. The van der Waals surface area contributed by atoms with Crippen LogP contribution >= 0.6 is 0 Å². The number of rotatable bonds is 5. The Balaban J connectivity index is 2.93. The molecule has 0 bridgehead atoms. The van der Waals surface area contributed by atoms with E-state index in [-0.39, 0.29) is 17.4 Å². The van der Waals surface area contributed by atoms with Gasteiger partial charge in [-0.2, -0.15) is 0 Å². The van der Waals surface area contributed by atoms with Gasteiger partial charge in [0.2, 0.25) is 0 Å². The van der Waals surface area contributed by atoms with Gasteiger partial charge in [-0.1, -0.05) is 6.07 Å². The SMILES string of the molecule is CN(CCCO)C(=O)c1cccc(S(C)(=O)=O)c1. The van der Waals surface area contributed by atoms with Crippen molar-refractivity contribution in [2.45, 2.75) is 11.3 Å². The van der Waals surface area contributed by atoms with E-state index in [9.17, 15) is 13.2 Å². The van der Waals surface area contributed by atoms with Crippen LogP contribution in [0, 0.1) is 0 Å². The van der Waals surface area contributed by atoms with Crippen molar-refractivity contribution < 1.29 is 18.3 Å². The maximum atomic E-state index is 12.0. The summed E-state index contributed by atoms with van der Waals surface area (Å²) in [5.41, 5.74) is 0.332. The number of aliphatic hydroxyl groups excluding tert-OH is 1. The van der Waals surface area contributed by atoms with E-state index < -0.39 is 9.84 Å². The topological polar surface area (TPSA) is 74.7 Å². The summed E-state index contributed by atoms with van der Waals surface area (Å²) in [7, 11) is -1.70. The van der Waals surface area contributed by atoms with Gasteiger partial charge in [0.25, 0.3) is 5.91 Å². The van der Waals surface area contributed by atoms with Crippen molar-refractivity contribution in [2.24, 2.45) is 0 Å². The zero-order chi connectivity index (χ0) is 13.8. The summed E-state index contributed by atoms with van der Waals surface area (Å²) in [5, 5.41) is 8.70. The van der Waals surface area contributed by atoms with Gasteiger partial charge in [0, 0.05) is 32.0 Å². The van der Waals surface area contributed by atoms with Gasteiger partial charge in [0.1, 0.15) is 0 Å². The van der Waals surface area contributed by atoms with Gasteiger partial charge in [-0.3, -0.25) is 4.79 Å². The van der Waals surface area contributed by atoms with Gasteiger partial charge in [-0.05, 0) is 24.6 Å². The first kappa shape index (κ1) is 14.7. The monoisotopic (exact) mass is 271 g/mol. The Labute approximate surface area is 107 Å². The normalized spacial score (nSPS) is 11.3. The van der Waals surface area contributed by atoms with E-state index >= 15 is 0 Å². The Bertz CT molecular complexity index is 525. The fourth-order valence-electron chi connectivity index (χ4n) is 1.49. The Hall–Kier alpha value is -1.40. The zero-order valence-corrected chi connectivity index (χ0v) is 11.3. The van der Waals surface area contributed by atoms with E-state index in [1.165, 1.54) is 17.0 Å². The summed E-state index contributed by atoms with van der Waals surface area (Å²) in [6.45, 7) is 0.444. The van der Waals surface area contributed by atoms with Crippen LogP contribution in [0.4, 0.5) is 0 Å². The molecule has 0 aromatic heterocycles. The van der Waals surface area contributed by atoms with Gasteiger partial charge >= 0.3 is 0 Å². The summed E-state index contributed by atoms with van der Waals surface area (Å²) in [6.07, 6.45) is 1.60. The van der Waals surface area contributed by atoms with E-state index in [1.54, 1.807) is 19.2 Å². The van der Waals surface area contributed by atoms with Gasteiger partial charge in [-0.15, -0.1) is 0 Å². The molecule has 1 aromatic rings. The lowest BCUT2D eigenvalue weighted by Gasteiger charge is -2.16. The number of aliphatic hydroxyl groups is 1.